The van der Waals surface area contributed by atoms with Crippen LogP contribution in [0.5, 0.6) is 0 Å². The topological polar surface area (TPSA) is 32.8 Å². The van der Waals surface area contributed by atoms with Crippen LogP contribution in [-0.4, -0.2) is 0 Å². The molecule has 0 amide bonds. The summed E-state index contributed by atoms with van der Waals surface area (Å²) in [6.45, 7) is 13.5. The van der Waals surface area contributed by atoms with Gasteiger partial charge in [0.2, 0.25) is 0 Å². The minimum atomic E-state index is 0.395. The molecule has 0 bridgehead atoms. The molecule has 2 heterocycles. The first-order chi connectivity index (χ1) is 33.1. The molecule has 1 aliphatic carbocycles. The van der Waals surface area contributed by atoms with Gasteiger partial charge in [-0.2, -0.15) is 0 Å². The third kappa shape index (κ3) is 6.35. The summed E-state index contributed by atoms with van der Waals surface area (Å²) < 4.78 is 12.9. The average Bonchev–Trinajstić information content (AvgIpc) is 3.92. The number of benzene rings is 10. The molecule has 0 spiro atoms. The second-order valence-electron chi connectivity index (χ2n) is 19.5. The van der Waals surface area contributed by atoms with Crippen LogP contribution in [-0.2, 0) is 0 Å². The first-order valence-electron chi connectivity index (χ1n) is 23.9. The Morgan fingerprint density at radius 2 is 0.691 bits per heavy atom. The highest BCUT2D eigenvalue weighted by Gasteiger charge is 2.26. The predicted octanol–water partition coefficient (Wildman–Crippen LogP) is 19.2. The summed E-state index contributed by atoms with van der Waals surface area (Å²) in [6, 6.07) is 67.1. The SMILES string of the molecule is Cc1ccc(C(C)C)cc1N(c1ccc2cc3c(cc2c1)-c1cc2cc(N(c4ccc5c(c4)oc4ccccc45)c4cc(C(C)C)ccc4C)ccc2cc1-3)c1ccc2c(c1)oc1ccccc12. The minimum absolute atomic E-state index is 0.395. The van der Waals surface area contributed by atoms with Gasteiger partial charge in [0, 0.05) is 67.8 Å². The van der Waals surface area contributed by atoms with Crippen molar-refractivity contribution in [3.05, 3.63) is 204 Å². The number of nitrogens with zero attached hydrogens (tertiary/aromatic N) is 2. The fraction of sp³-hybridized carbons (Fsp3) is 0.125. The van der Waals surface area contributed by atoms with Gasteiger partial charge in [0.05, 0.1) is 0 Å². The Kier molecular flexibility index (Phi) is 9.01. The summed E-state index contributed by atoms with van der Waals surface area (Å²) in [5.41, 5.74) is 20.5. The number of hydrogen-bond donors (Lipinski definition) is 0. The zero-order valence-corrected chi connectivity index (χ0v) is 39.2. The summed E-state index contributed by atoms with van der Waals surface area (Å²) in [7, 11) is 0. The van der Waals surface area contributed by atoms with E-state index in [0.29, 0.717) is 11.8 Å². The van der Waals surface area contributed by atoms with Crippen molar-refractivity contribution in [2.45, 2.75) is 53.4 Å². The monoisotopic (exact) mass is 878 g/mol. The highest BCUT2D eigenvalue weighted by atomic mass is 16.3. The fourth-order valence-electron chi connectivity index (χ4n) is 10.7. The molecule has 0 fully saturated rings. The van der Waals surface area contributed by atoms with Gasteiger partial charge < -0.3 is 18.6 Å². The van der Waals surface area contributed by atoms with Crippen molar-refractivity contribution in [3.8, 4) is 22.3 Å². The Morgan fingerprint density at radius 1 is 0.324 bits per heavy atom. The number of aryl methyl sites for hydroxylation is 2. The Labute approximate surface area is 396 Å². The number of fused-ring (bicyclic) bond motifs is 12. The predicted molar refractivity (Wildman–Crippen MR) is 287 cm³/mol. The van der Waals surface area contributed by atoms with Crippen molar-refractivity contribution in [3.63, 3.8) is 0 Å². The Hall–Kier alpha value is -8.08. The third-order valence-corrected chi connectivity index (χ3v) is 14.5. The van der Waals surface area contributed by atoms with E-state index in [1.807, 2.05) is 12.1 Å². The summed E-state index contributed by atoms with van der Waals surface area (Å²) >= 11 is 0. The van der Waals surface area contributed by atoms with Crippen molar-refractivity contribution in [2.24, 2.45) is 0 Å². The molecule has 4 heteroatoms. The third-order valence-electron chi connectivity index (χ3n) is 14.5. The van der Waals surface area contributed by atoms with Gasteiger partial charge in [-0.3, -0.25) is 0 Å². The van der Waals surface area contributed by atoms with Crippen molar-refractivity contribution < 1.29 is 8.83 Å². The zero-order chi connectivity index (χ0) is 45.9. The van der Waals surface area contributed by atoms with E-state index in [9.17, 15) is 0 Å². The number of furan rings is 2. The summed E-state index contributed by atoms with van der Waals surface area (Å²) in [5.74, 6) is 0.791. The molecule has 0 unspecified atom stereocenters. The van der Waals surface area contributed by atoms with Crippen molar-refractivity contribution in [1.82, 2.24) is 0 Å². The molecule has 12 aromatic rings. The molecule has 0 saturated heterocycles. The number of hydrogen-bond acceptors (Lipinski definition) is 4. The maximum absolute atomic E-state index is 6.45. The van der Waals surface area contributed by atoms with E-state index in [0.717, 1.165) is 66.6 Å². The van der Waals surface area contributed by atoms with Crippen LogP contribution in [0, 0.1) is 13.8 Å². The maximum atomic E-state index is 6.45. The van der Waals surface area contributed by atoms with Crippen LogP contribution in [0.2, 0.25) is 0 Å². The molecule has 13 rings (SSSR count). The molecule has 328 valence electrons. The molecule has 0 atom stereocenters. The molecule has 10 aromatic carbocycles. The smallest absolute Gasteiger partial charge is 0.137 e. The highest BCUT2D eigenvalue weighted by Crippen LogP contribution is 2.52. The Bertz CT molecular complexity index is 3770. The number of anilines is 6. The van der Waals surface area contributed by atoms with E-state index in [1.165, 1.54) is 77.4 Å². The molecule has 4 nitrogen and oxygen atoms in total. The van der Waals surface area contributed by atoms with Crippen LogP contribution < -0.4 is 9.80 Å². The van der Waals surface area contributed by atoms with Gasteiger partial charge in [-0.1, -0.05) is 100 Å². The van der Waals surface area contributed by atoms with E-state index < -0.39 is 0 Å². The molecule has 0 radical (unpaired) electrons. The fourth-order valence-corrected chi connectivity index (χ4v) is 10.7. The first kappa shape index (κ1) is 40.2. The van der Waals surface area contributed by atoms with E-state index in [2.05, 4.69) is 221 Å². The van der Waals surface area contributed by atoms with Crippen LogP contribution in [0.1, 0.15) is 61.8 Å². The minimum Gasteiger partial charge on any atom is -0.456 e. The maximum Gasteiger partial charge on any atom is 0.137 e. The lowest BCUT2D eigenvalue weighted by atomic mass is 9.78. The van der Waals surface area contributed by atoms with Crippen molar-refractivity contribution in [1.29, 1.82) is 0 Å². The molecule has 1 aliphatic rings. The molecule has 2 aromatic heterocycles. The summed E-state index contributed by atoms with van der Waals surface area (Å²) in [5, 5.41) is 9.39. The molecular formula is C64H50N2O2. The molecule has 0 saturated carbocycles. The van der Waals surface area contributed by atoms with Gasteiger partial charge in [-0.15, -0.1) is 0 Å². The van der Waals surface area contributed by atoms with E-state index >= 15 is 0 Å². The molecule has 68 heavy (non-hydrogen) atoms. The quantitative estimate of drug-likeness (QED) is 0.152. The average molecular weight is 879 g/mol. The van der Waals surface area contributed by atoms with Gasteiger partial charge in [0.1, 0.15) is 22.3 Å². The van der Waals surface area contributed by atoms with Gasteiger partial charge in [-0.25, -0.2) is 0 Å². The number of rotatable bonds is 8. The Morgan fingerprint density at radius 3 is 1.12 bits per heavy atom. The molecular weight excluding hydrogens is 829 g/mol. The van der Waals surface area contributed by atoms with Crippen LogP contribution in [0.3, 0.4) is 0 Å². The lowest BCUT2D eigenvalue weighted by Crippen LogP contribution is -2.12. The van der Waals surface area contributed by atoms with Gasteiger partial charge >= 0.3 is 0 Å². The van der Waals surface area contributed by atoms with E-state index in [-0.39, 0.29) is 0 Å². The van der Waals surface area contributed by atoms with Crippen LogP contribution in [0.25, 0.3) is 87.7 Å². The van der Waals surface area contributed by atoms with E-state index in [1.54, 1.807) is 0 Å². The molecule has 0 N–H and O–H groups in total. The molecule has 0 aliphatic heterocycles. The summed E-state index contributed by atoms with van der Waals surface area (Å²) in [4.78, 5) is 4.82. The first-order valence-corrected chi connectivity index (χ1v) is 23.9. The van der Waals surface area contributed by atoms with Gasteiger partial charge in [-0.05, 0) is 189 Å². The lowest BCUT2D eigenvalue weighted by molar-refractivity contribution is 0.668. The number of para-hydroxylation sites is 2. The Balaban J connectivity index is 0.924. The van der Waals surface area contributed by atoms with Crippen LogP contribution >= 0.6 is 0 Å². The largest absolute Gasteiger partial charge is 0.456 e. The van der Waals surface area contributed by atoms with Gasteiger partial charge in [0.15, 0.2) is 0 Å². The normalized spacial score (nSPS) is 12.2. The van der Waals surface area contributed by atoms with Crippen LogP contribution in [0.4, 0.5) is 34.1 Å². The zero-order valence-electron chi connectivity index (χ0n) is 39.2. The second kappa shape index (κ2) is 15.2. The van der Waals surface area contributed by atoms with Gasteiger partial charge in [0.25, 0.3) is 0 Å². The van der Waals surface area contributed by atoms with Crippen LogP contribution in [0.15, 0.2) is 191 Å². The standard InChI is InChI=1S/C64H50N2O2/c1-37(2)41-17-15-39(5)59(33-41)65(49-23-25-53-51-11-7-9-13-61(51)67-63(53)35-49)47-21-19-43-29-55-56-30-44-20-22-48(28-46(44)32-58(56)57(55)31-45(43)27-47)66(60-34-42(38(3)4)18-16-40(60)6)50-24-26-54-52-12-8-10-14-62(52)68-64(54)36-50/h7-38H,1-6H3. The highest BCUT2D eigenvalue weighted by molar-refractivity contribution is 6.13. The second-order valence-corrected chi connectivity index (χ2v) is 19.5. The van der Waals surface area contributed by atoms with Crippen molar-refractivity contribution in [2.75, 3.05) is 9.80 Å². The lowest BCUT2D eigenvalue weighted by Gasteiger charge is -2.30. The van der Waals surface area contributed by atoms with Crippen molar-refractivity contribution >= 4 is 99.5 Å². The summed E-state index contributed by atoms with van der Waals surface area (Å²) in [6.07, 6.45) is 0. The van der Waals surface area contributed by atoms with E-state index in [4.69, 9.17) is 8.83 Å².